The van der Waals surface area contributed by atoms with E-state index in [4.69, 9.17) is 0 Å². The normalized spacial score (nSPS) is 17.0. The molecule has 6 nitrogen and oxygen atoms in total. The molecule has 0 aliphatic carbocycles. The number of fused-ring (bicyclic) bond motifs is 1. The minimum Gasteiger partial charge on any atom is -0.366 e. The third-order valence-electron chi connectivity index (χ3n) is 5.28. The van der Waals surface area contributed by atoms with Crippen molar-refractivity contribution in [3.05, 3.63) is 47.3 Å². The lowest BCUT2D eigenvalue weighted by Crippen LogP contribution is -2.35. The first-order valence-corrected chi connectivity index (χ1v) is 9.70. The molecular formula is C21H22F3N5O. The smallest absolute Gasteiger partial charge is 0.366 e. The molecule has 3 heterocycles. The summed E-state index contributed by atoms with van der Waals surface area (Å²) in [6, 6.07) is 7.07. The molecule has 0 radical (unpaired) electrons. The van der Waals surface area contributed by atoms with Gasteiger partial charge in [-0.05, 0) is 38.5 Å². The number of alkyl halides is 3. The largest absolute Gasteiger partial charge is 0.416 e. The van der Waals surface area contributed by atoms with E-state index in [0.29, 0.717) is 29.1 Å². The van der Waals surface area contributed by atoms with Crippen LogP contribution in [0.5, 0.6) is 0 Å². The number of hydrogen-bond donors (Lipinski definition) is 1. The maximum Gasteiger partial charge on any atom is 0.416 e. The van der Waals surface area contributed by atoms with Crippen molar-refractivity contribution in [1.29, 1.82) is 0 Å². The number of benzene rings is 1. The van der Waals surface area contributed by atoms with Gasteiger partial charge in [0.2, 0.25) is 5.91 Å². The molecule has 9 heteroatoms. The predicted molar refractivity (Wildman–Crippen MR) is 107 cm³/mol. The number of hydrogen-bond acceptors (Lipinski definition) is 4. The van der Waals surface area contributed by atoms with Crippen LogP contribution in [0.25, 0.3) is 16.9 Å². The first-order valence-electron chi connectivity index (χ1n) is 9.70. The molecule has 1 aromatic carbocycles. The molecular weight excluding hydrogens is 395 g/mol. The van der Waals surface area contributed by atoms with Gasteiger partial charge in [-0.25, -0.2) is 9.50 Å². The number of amides is 1. The van der Waals surface area contributed by atoms with Gasteiger partial charge in [-0.1, -0.05) is 12.1 Å². The number of carbonyl (C=O) groups is 1. The van der Waals surface area contributed by atoms with E-state index in [0.717, 1.165) is 36.5 Å². The Kier molecular flexibility index (Phi) is 4.91. The maximum atomic E-state index is 12.9. The van der Waals surface area contributed by atoms with E-state index in [1.165, 1.54) is 19.1 Å². The van der Waals surface area contributed by atoms with Crippen molar-refractivity contribution in [2.45, 2.75) is 39.4 Å². The zero-order chi connectivity index (χ0) is 21.6. The van der Waals surface area contributed by atoms with Gasteiger partial charge < -0.3 is 10.2 Å². The Morgan fingerprint density at radius 2 is 1.90 bits per heavy atom. The highest BCUT2D eigenvalue weighted by Gasteiger charge is 2.30. The standard InChI is InChI=1S/C21H22F3N5O/c1-12-10-18(28-9-8-17(11-28)26-14(3)30)20-25-13(2)19(29(20)27-12)15-4-6-16(7-5-15)21(22,23)24/h4-7,10,17H,8-9,11H2,1-3H3,(H,26,30)/t17-/m1/s1. The van der Waals surface area contributed by atoms with Crippen LogP contribution in [0, 0.1) is 13.8 Å². The molecule has 30 heavy (non-hydrogen) atoms. The Labute approximate surface area is 171 Å². The summed E-state index contributed by atoms with van der Waals surface area (Å²) < 4.78 is 40.5. The first kappa shape index (κ1) is 20.2. The van der Waals surface area contributed by atoms with Crippen LogP contribution in [0.3, 0.4) is 0 Å². The van der Waals surface area contributed by atoms with Crippen LogP contribution >= 0.6 is 0 Å². The number of aromatic nitrogens is 3. The van der Waals surface area contributed by atoms with Crippen molar-refractivity contribution < 1.29 is 18.0 Å². The zero-order valence-corrected chi connectivity index (χ0v) is 16.9. The van der Waals surface area contributed by atoms with Crippen molar-refractivity contribution in [2.75, 3.05) is 18.0 Å². The van der Waals surface area contributed by atoms with Crippen LogP contribution in [0.2, 0.25) is 0 Å². The van der Waals surface area contributed by atoms with E-state index < -0.39 is 11.7 Å². The Bertz CT molecular complexity index is 1100. The summed E-state index contributed by atoms with van der Waals surface area (Å²) in [7, 11) is 0. The van der Waals surface area contributed by atoms with E-state index in [1.807, 2.05) is 19.9 Å². The third-order valence-corrected chi connectivity index (χ3v) is 5.28. The van der Waals surface area contributed by atoms with Crippen LogP contribution in [0.1, 0.15) is 30.3 Å². The molecule has 3 aromatic rings. The molecule has 1 amide bonds. The highest BCUT2D eigenvalue weighted by Crippen LogP contribution is 2.34. The maximum absolute atomic E-state index is 12.9. The summed E-state index contributed by atoms with van der Waals surface area (Å²) in [5.74, 6) is -0.0563. The van der Waals surface area contributed by atoms with Crippen molar-refractivity contribution in [1.82, 2.24) is 19.9 Å². The lowest BCUT2D eigenvalue weighted by Gasteiger charge is -2.20. The Hall–Kier alpha value is -3.10. The number of carbonyl (C=O) groups excluding carboxylic acids is 1. The van der Waals surface area contributed by atoms with Gasteiger partial charge >= 0.3 is 6.18 Å². The molecule has 158 valence electrons. The lowest BCUT2D eigenvalue weighted by atomic mass is 10.1. The molecule has 1 aliphatic rings. The van der Waals surface area contributed by atoms with Gasteiger partial charge in [-0.2, -0.15) is 18.3 Å². The number of imidazole rings is 1. The molecule has 1 N–H and O–H groups in total. The minimum absolute atomic E-state index is 0.0563. The fourth-order valence-electron chi connectivity index (χ4n) is 4.00. The molecule has 0 unspecified atom stereocenters. The molecule has 1 aliphatic heterocycles. The van der Waals surface area contributed by atoms with Crippen LogP contribution in [0.15, 0.2) is 30.3 Å². The molecule has 2 aromatic heterocycles. The summed E-state index contributed by atoms with van der Waals surface area (Å²) in [4.78, 5) is 18.2. The lowest BCUT2D eigenvalue weighted by molar-refractivity contribution is -0.137. The van der Waals surface area contributed by atoms with E-state index in [1.54, 1.807) is 4.52 Å². The number of anilines is 1. The monoisotopic (exact) mass is 417 g/mol. The van der Waals surface area contributed by atoms with Gasteiger partial charge in [-0.15, -0.1) is 0 Å². The summed E-state index contributed by atoms with van der Waals surface area (Å²) in [5, 5.41) is 7.53. The number of rotatable bonds is 3. The van der Waals surface area contributed by atoms with Gasteiger partial charge in [0.05, 0.1) is 28.3 Å². The number of nitrogens with one attached hydrogen (secondary N) is 1. The SMILES string of the molecule is CC(=O)N[C@@H]1CCN(c2cc(C)nn3c(-c4ccc(C(F)(F)F)cc4)c(C)nc23)C1. The number of nitrogens with zero attached hydrogens (tertiary/aromatic N) is 4. The third kappa shape index (κ3) is 3.71. The van der Waals surface area contributed by atoms with E-state index in [-0.39, 0.29) is 11.9 Å². The van der Waals surface area contributed by atoms with E-state index in [2.05, 4.69) is 20.3 Å². The fourth-order valence-corrected chi connectivity index (χ4v) is 4.00. The molecule has 0 saturated carbocycles. The van der Waals surface area contributed by atoms with E-state index in [9.17, 15) is 18.0 Å². The summed E-state index contributed by atoms with van der Waals surface area (Å²) >= 11 is 0. The fraction of sp³-hybridized carbons (Fsp3) is 0.381. The molecule has 1 atom stereocenters. The average molecular weight is 417 g/mol. The highest BCUT2D eigenvalue weighted by atomic mass is 19.4. The zero-order valence-electron chi connectivity index (χ0n) is 16.9. The second-order valence-corrected chi connectivity index (χ2v) is 7.66. The number of halogens is 3. The molecule has 1 saturated heterocycles. The highest BCUT2D eigenvalue weighted by molar-refractivity contribution is 5.77. The summed E-state index contributed by atoms with van der Waals surface area (Å²) in [6.07, 6.45) is -3.55. The quantitative estimate of drug-likeness (QED) is 0.705. The second-order valence-electron chi connectivity index (χ2n) is 7.66. The first-order chi connectivity index (χ1) is 14.1. The van der Waals surface area contributed by atoms with Crippen molar-refractivity contribution in [2.24, 2.45) is 0 Å². The van der Waals surface area contributed by atoms with Crippen molar-refractivity contribution in [3.63, 3.8) is 0 Å². The van der Waals surface area contributed by atoms with Gasteiger partial charge in [0, 0.05) is 31.6 Å². The number of aryl methyl sites for hydroxylation is 2. The minimum atomic E-state index is -4.38. The summed E-state index contributed by atoms with van der Waals surface area (Å²) in [5.41, 5.74) is 3.60. The van der Waals surface area contributed by atoms with Crippen LogP contribution < -0.4 is 10.2 Å². The average Bonchev–Trinajstić information content (AvgIpc) is 3.23. The predicted octanol–water partition coefficient (Wildman–Crippen LogP) is 3.75. The molecule has 0 spiro atoms. The molecule has 0 bridgehead atoms. The Morgan fingerprint density at radius 1 is 1.20 bits per heavy atom. The van der Waals surface area contributed by atoms with Crippen molar-refractivity contribution >= 4 is 17.2 Å². The van der Waals surface area contributed by atoms with Crippen LogP contribution in [0.4, 0.5) is 18.9 Å². The van der Waals surface area contributed by atoms with Gasteiger partial charge in [0.1, 0.15) is 0 Å². The van der Waals surface area contributed by atoms with Gasteiger partial charge in [-0.3, -0.25) is 4.79 Å². The van der Waals surface area contributed by atoms with Gasteiger partial charge in [0.15, 0.2) is 5.65 Å². The van der Waals surface area contributed by atoms with E-state index >= 15 is 0 Å². The Balaban J connectivity index is 1.75. The van der Waals surface area contributed by atoms with Gasteiger partial charge in [0.25, 0.3) is 0 Å². The topological polar surface area (TPSA) is 62.5 Å². The summed E-state index contributed by atoms with van der Waals surface area (Å²) in [6.45, 7) is 6.64. The molecule has 1 fully saturated rings. The van der Waals surface area contributed by atoms with Crippen LogP contribution in [-0.2, 0) is 11.0 Å². The molecule has 4 rings (SSSR count). The van der Waals surface area contributed by atoms with Crippen LogP contribution in [-0.4, -0.2) is 39.6 Å². The second kappa shape index (κ2) is 7.30. The Morgan fingerprint density at radius 3 is 2.53 bits per heavy atom. The van der Waals surface area contributed by atoms with Crippen molar-refractivity contribution in [3.8, 4) is 11.3 Å².